The van der Waals surface area contributed by atoms with Gasteiger partial charge in [0.25, 0.3) is 0 Å². The molecular formula is C5H8ClP. The Morgan fingerprint density at radius 3 is 2.71 bits per heavy atom. The highest BCUT2D eigenvalue weighted by Crippen LogP contribution is 2.39. The van der Waals surface area contributed by atoms with Gasteiger partial charge in [0.1, 0.15) is 0 Å². The summed E-state index contributed by atoms with van der Waals surface area (Å²) in [6, 6.07) is 0. The van der Waals surface area contributed by atoms with E-state index >= 15 is 0 Å². The maximum absolute atomic E-state index is 5.68. The zero-order valence-corrected chi connectivity index (χ0v) is 5.97. The summed E-state index contributed by atoms with van der Waals surface area (Å²) in [5.41, 5.74) is 0. The van der Waals surface area contributed by atoms with E-state index in [1.165, 1.54) is 6.16 Å². The maximum atomic E-state index is 5.68. The van der Waals surface area contributed by atoms with E-state index in [0.29, 0.717) is 0 Å². The predicted molar refractivity (Wildman–Crippen MR) is 36.5 cm³/mol. The van der Waals surface area contributed by atoms with Crippen LogP contribution in [-0.4, -0.2) is 19.0 Å². The molecule has 40 valence electrons. The van der Waals surface area contributed by atoms with Gasteiger partial charge in [0.15, 0.2) is 0 Å². The largest absolute Gasteiger partial charge is 0.101 e. The van der Waals surface area contributed by atoms with Crippen LogP contribution in [0.3, 0.4) is 0 Å². The van der Waals surface area contributed by atoms with Gasteiger partial charge in [-0.1, -0.05) is 17.7 Å². The lowest BCUT2D eigenvalue weighted by Crippen LogP contribution is -1.71. The van der Waals surface area contributed by atoms with Crippen molar-refractivity contribution in [3.05, 3.63) is 11.1 Å². The molecule has 1 heterocycles. The fraction of sp³-hybridized carbons (Fsp3) is 0.600. The molecule has 1 aliphatic rings. The number of rotatable bonds is 0. The van der Waals surface area contributed by atoms with E-state index in [1.54, 1.807) is 0 Å². The fourth-order valence-corrected chi connectivity index (χ4v) is 2.74. The molecule has 0 aliphatic carbocycles. The molecular weight excluding hydrogens is 126 g/mol. The Kier molecular flexibility index (Phi) is 1.72. The van der Waals surface area contributed by atoms with Crippen molar-refractivity contribution in [1.29, 1.82) is 0 Å². The van der Waals surface area contributed by atoms with Crippen LogP contribution in [0.1, 0.15) is 0 Å². The van der Waals surface area contributed by atoms with Crippen molar-refractivity contribution in [3.63, 3.8) is 0 Å². The third-order valence-corrected chi connectivity index (χ3v) is 3.21. The van der Waals surface area contributed by atoms with E-state index in [-0.39, 0.29) is 7.92 Å². The van der Waals surface area contributed by atoms with Crippen LogP contribution in [0.15, 0.2) is 11.1 Å². The van der Waals surface area contributed by atoms with E-state index < -0.39 is 0 Å². The van der Waals surface area contributed by atoms with Crippen LogP contribution in [0.4, 0.5) is 0 Å². The average molecular weight is 135 g/mol. The molecule has 1 aliphatic heterocycles. The first-order chi connectivity index (χ1) is 3.29. The van der Waals surface area contributed by atoms with Crippen molar-refractivity contribution in [1.82, 2.24) is 0 Å². The third kappa shape index (κ3) is 1.44. The Bertz CT molecular complexity index is 98.3. The normalized spacial score (nSPS) is 30.6. The minimum Gasteiger partial charge on any atom is -0.101 e. The Morgan fingerprint density at radius 1 is 1.86 bits per heavy atom. The second-order valence-electron chi connectivity index (χ2n) is 1.85. The van der Waals surface area contributed by atoms with Gasteiger partial charge in [-0.25, -0.2) is 0 Å². The Hall–Kier alpha value is 0.460. The molecule has 2 heteroatoms. The lowest BCUT2D eigenvalue weighted by molar-refractivity contribution is 1.71. The highest BCUT2D eigenvalue weighted by Gasteiger charge is 2.07. The molecule has 1 rings (SSSR count). The van der Waals surface area contributed by atoms with Crippen molar-refractivity contribution >= 4 is 19.5 Å². The Labute approximate surface area is 50.3 Å². The lowest BCUT2D eigenvalue weighted by Gasteiger charge is -1.95. The lowest BCUT2D eigenvalue weighted by atomic mass is 10.6. The van der Waals surface area contributed by atoms with Gasteiger partial charge in [-0.2, -0.15) is 0 Å². The number of halogens is 1. The summed E-state index contributed by atoms with van der Waals surface area (Å²) in [5.74, 6) is 0. The molecule has 1 atom stereocenters. The summed E-state index contributed by atoms with van der Waals surface area (Å²) >= 11 is 5.68. The standard InChI is InChI=1S/C5H8ClP/c1-7-3-2-5(6)4-7/h2H,3-4H2,1H3. The predicted octanol–water partition coefficient (Wildman–Crippen LogP) is 2.23. The molecule has 1 unspecified atom stereocenters. The van der Waals surface area contributed by atoms with Gasteiger partial charge in [-0.15, -0.1) is 7.92 Å². The summed E-state index contributed by atoms with van der Waals surface area (Å²) in [6.45, 7) is 2.28. The fourth-order valence-electron chi connectivity index (χ4n) is 0.642. The van der Waals surface area contributed by atoms with Crippen LogP contribution >= 0.6 is 19.5 Å². The molecule has 0 aromatic carbocycles. The molecule has 0 saturated heterocycles. The van der Waals surface area contributed by atoms with E-state index in [0.717, 1.165) is 11.2 Å². The van der Waals surface area contributed by atoms with E-state index in [9.17, 15) is 0 Å². The second-order valence-corrected chi connectivity index (χ2v) is 4.73. The number of allylic oxidation sites excluding steroid dienone is 2. The molecule has 0 fully saturated rings. The Morgan fingerprint density at radius 2 is 2.57 bits per heavy atom. The molecule has 0 aromatic rings. The van der Waals surface area contributed by atoms with Gasteiger partial charge in [0, 0.05) is 11.2 Å². The monoisotopic (exact) mass is 134 g/mol. The molecule has 0 nitrogen and oxygen atoms in total. The molecule has 0 amide bonds. The zero-order valence-electron chi connectivity index (χ0n) is 4.32. The second kappa shape index (κ2) is 2.15. The van der Waals surface area contributed by atoms with Crippen molar-refractivity contribution in [2.45, 2.75) is 0 Å². The van der Waals surface area contributed by atoms with Gasteiger partial charge < -0.3 is 0 Å². The van der Waals surface area contributed by atoms with Crippen LogP contribution in [-0.2, 0) is 0 Å². The smallest absolute Gasteiger partial charge is 0.0187 e. The maximum Gasteiger partial charge on any atom is 0.0187 e. The first kappa shape index (κ1) is 5.59. The average Bonchev–Trinajstić information content (AvgIpc) is 1.87. The van der Waals surface area contributed by atoms with Gasteiger partial charge >= 0.3 is 0 Å². The highest BCUT2D eigenvalue weighted by molar-refractivity contribution is 7.57. The molecule has 0 saturated carbocycles. The van der Waals surface area contributed by atoms with E-state index in [4.69, 9.17) is 11.6 Å². The van der Waals surface area contributed by atoms with E-state index in [2.05, 4.69) is 12.7 Å². The van der Waals surface area contributed by atoms with Gasteiger partial charge in [-0.05, 0) is 12.8 Å². The molecule has 7 heavy (non-hydrogen) atoms. The summed E-state index contributed by atoms with van der Waals surface area (Å²) in [4.78, 5) is 0. The van der Waals surface area contributed by atoms with Crippen LogP contribution in [0, 0.1) is 0 Å². The van der Waals surface area contributed by atoms with Crippen molar-refractivity contribution in [2.75, 3.05) is 19.0 Å². The van der Waals surface area contributed by atoms with E-state index in [1.807, 2.05) is 0 Å². The minimum atomic E-state index is 0.271. The molecule has 0 aromatic heterocycles. The first-order valence-corrected chi connectivity index (χ1v) is 4.86. The first-order valence-electron chi connectivity index (χ1n) is 2.32. The summed E-state index contributed by atoms with van der Waals surface area (Å²) in [7, 11) is 0.271. The van der Waals surface area contributed by atoms with Crippen molar-refractivity contribution in [3.8, 4) is 0 Å². The van der Waals surface area contributed by atoms with Crippen LogP contribution in [0.25, 0.3) is 0 Å². The summed E-state index contributed by atoms with van der Waals surface area (Å²) < 4.78 is 0. The molecule has 0 radical (unpaired) electrons. The van der Waals surface area contributed by atoms with Gasteiger partial charge in [0.2, 0.25) is 0 Å². The van der Waals surface area contributed by atoms with Crippen molar-refractivity contribution < 1.29 is 0 Å². The quantitative estimate of drug-likeness (QED) is 0.446. The summed E-state index contributed by atoms with van der Waals surface area (Å²) in [5, 5.41) is 1.08. The SMILES string of the molecule is CP1CC=C(Cl)C1. The topological polar surface area (TPSA) is 0 Å². The highest BCUT2D eigenvalue weighted by atomic mass is 35.5. The Balaban J connectivity index is 2.42. The molecule has 0 bridgehead atoms. The van der Waals surface area contributed by atoms with Crippen LogP contribution in [0.5, 0.6) is 0 Å². The van der Waals surface area contributed by atoms with Gasteiger partial charge in [0.05, 0.1) is 0 Å². The van der Waals surface area contributed by atoms with Gasteiger partial charge in [-0.3, -0.25) is 0 Å². The van der Waals surface area contributed by atoms with Crippen LogP contribution < -0.4 is 0 Å². The zero-order chi connectivity index (χ0) is 5.28. The minimum absolute atomic E-state index is 0.271. The van der Waals surface area contributed by atoms with Crippen LogP contribution in [0.2, 0.25) is 0 Å². The molecule has 0 N–H and O–H groups in total. The van der Waals surface area contributed by atoms with Crippen molar-refractivity contribution in [2.24, 2.45) is 0 Å². The number of hydrogen-bond acceptors (Lipinski definition) is 0. The molecule has 0 spiro atoms. The summed E-state index contributed by atoms with van der Waals surface area (Å²) in [6.07, 6.45) is 4.54. The number of hydrogen-bond donors (Lipinski definition) is 0. The third-order valence-electron chi connectivity index (χ3n) is 1.05.